The molecule has 3 nitrogen and oxygen atoms in total. The lowest BCUT2D eigenvalue weighted by atomic mass is 10.0. The van der Waals surface area contributed by atoms with Gasteiger partial charge in [-0.25, -0.2) is 9.97 Å². The fourth-order valence-electron chi connectivity index (χ4n) is 1.81. The molecule has 0 aliphatic carbocycles. The van der Waals surface area contributed by atoms with Crippen molar-refractivity contribution in [2.75, 3.05) is 6.54 Å². The lowest BCUT2D eigenvalue weighted by molar-refractivity contribution is 0.623. The zero-order valence-corrected chi connectivity index (χ0v) is 12.8. The average Bonchev–Trinajstić information content (AvgIpc) is 2.40. The summed E-state index contributed by atoms with van der Waals surface area (Å²) in [4.78, 5) is 8.16. The Balaban J connectivity index is 2.44. The van der Waals surface area contributed by atoms with Gasteiger partial charge in [0.2, 0.25) is 0 Å². The first-order valence-corrected chi connectivity index (χ1v) is 7.11. The molecule has 2 aromatic rings. The number of benzene rings is 1. The molecule has 1 N–H and O–H groups in total. The highest BCUT2D eigenvalue weighted by atomic mass is 127. The summed E-state index contributed by atoms with van der Waals surface area (Å²) in [7, 11) is 0. The Labute approximate surface area is 125 Å². The summed E-state index contributed by atoms with van der Waals surface area (Å²) in [6.07, 6.45) is 5.20. The molecule has 1 aromatic heterocycles. The lowest BCUT2D eigenvalue weighted by Gasteiger charge is -2.19. The van der Waals surface area contributed by atoms with E-state index in [4.69, 9.17) is 11.6 Å². The van der Waals surface area contributed by atoms with Crippen LogP contribution >= 0.6 is 34.2 Å². The molecule has 0 radical (unpaired) electrons. The van der Waals surface area contributed by atoms with E-state index in [1.807, 2.05) is 30.6 Å². The molecule has 0 bridgehead atoms. The SMILES string of the molecule is CCNC(c1cncnc1)c1cc(Cl)ccc1I. The van der Waals surface area contributed by atoms with Gasteiger partial charge >= 0.3 is 0 Å². The molecule has 94 valence electrons. The van der Waals surface area contributed by atoms with Gasteiger partial charge in [0.25, 0.3) is 0 Å². The third kappa shape index (κ3) is 3.18. The standard InChI is InChI=1S/C13H13ClIN3/c1-2-18-13(9-6-16-8-17-7-9)11-5-10(14)3-4-12(11)15/h3-8,13,18H,2H2,1H3. The predicted molar refractivity (Wildman–Crippen MR) is 81.7 cm³/mol. The molecule has 0 spiro atoms. The monoisotopic (exact) mass is 373 g/mol. The first-order chi connectivity index (χ1) is 8.72. The van der Waals surface area contributed by atoms with E-state index in [9.17, 15) is 0 Å². The van der Waals surface area contributed by atoms with Crippen molar-refractivity contribution in [2.45, 2.75) is 13.0 Å². The van der Waals surface area contributed by atoms with Gasteiger partial charge in [0, 0.05) is 26.5 Å². The number of nitrogens with one attached hydrogen (secondary N) is 1. The molecular weight excluding hydrogens is 361 g/mol. The third-order valence-electron chi connectivity index (χ3n) is 2.59. The second kappa shape index (κ2) is 6.45. The topological polar surface area (TPSA) is 37.8 Å². The fraction of sp³-hybridized carbons (Fsp3) is 0.231. The summed E-state index contributed by atoms with van der Waals surface area (Å²) >= 11 is 8.41. The number of nitrogens with zero attached hydrogens (tertiary/aromatic N) is 2. The quantitative estimate of drug-likeness (QED) is 0.835. The van der Waals surface area contributed by atoms with Crippen molar-refractivity contribution >= 4 is 34.2 Å². The average molecular weight is 374 g/mol. The maximum absolute atomic E-state index is 6.09. The minimum atomic E-state index is 0.0711. The molecule has 0 aliphatic heterocycles. The van der Waals surface area contributed by atoms with Gasteiger partial charge in [0.15, 0.2) is 0 Å². The Morgan fingerprint density at radius 2 is 2.06 bits per heavy atom. The van der Waals surface area contributed by atoms with Crippen LogP contribution in [0.1, 0.15) is 24.1 Å². The highest BCUT2D eigenvalue weighted by Crippen LogP contribution is 2.28. The molecule has 0 saturated carbocycles. The highest BCUT2D eigenvalue weighted by Gasteiger charge is 2.16. The lowest BCUT2D eigenvalue weighted by Crippen LogP contribution is -2.23. The molecule has 0 aliphatic rings. The van der Waals surface area contributed by atoms with E-state index in [2.05, 4.69) is 44.8 Å². The van der Waals surface area contributed by atoms with Crippen LogP contribution in [0.2, 0.25) is 5.02 Å². The van der Waals surface area contributed by atoms with Crippen molar-refractivity contribution in [3.63, 3.8) is 0 Å². The Hall–Kier alpha value is -0.720. The van der Waals surface area contributed by atoms with Crippen LogP contribution in [0.15, 0.2) is 36.9 Å². The summed E-state index contributed by atoms with van der Waals surface area (Å²) in [5, 5.41) is 4.18. The van der Waals surface area contributed by atoms with Gasteiger partial charge in [-0.2, -0.15) is 0 Å². The van der Waals surface area contributed by atoms with Crippen LogP contribution in [0, 0.1) is 3.57 Å². The highest BCUT2D eigenvalue weighted by molar-refractivity contribution is 14.1. The molecule has 1 unspecified atom stereocenters. The maximum Gasteiger partial charge on any atom is 0.115 e. The van der Waals surface area contributed by atoms with Crippen LogP contribution in [-0.4, -0.2) is 16.5 Å². The number of aromatic nitrogens is 2. The van der Waals surface area contributed by atoms with Crippen molar-refractivity contribution in [3.8, 4) is 0 Å². The van der Waals surface area contributed by atoms with E-state index in [0.29, 0.717) is 0 Å². The van der Waals surface area contributed by atoms with Crippen LogP contribution < -0.4 is 5.32 Å². The second-order valence-electron chi connectivity index (χ2n) is 3.83. The molecule has 0 amide bonds. The summed E-state index contributed by atoms with van der Waals surface area (Å²) in [5.74, 6) is 0. The fourth-order valence-corrected chi connectivity index (χ4v) is 2.63. The molecule has 0 saturated heterocycles. The summed E-state index contributed by atoms with van der Waals surface area (Å²) in [5.41, 5.74) is 2.19. The van der Waals surface area contributed by atoms with Crippen LogP contribution in [-0.2, 0) is 0 Å². The first-order valence-electron chi connectivity index (χ1n) is 5.65. The van der Waals surface area contributed by atoms with Crippen LogP contribution in [0.5, 0.6) is 0 Å². The third-order valence-corrected chi connectivity index (χ3v) is 3.81. The normalized spacial score (nSPS) is 12.4. The minimum Gasteiger partial charge on any atom is -0.306 e. The molecule has 1 heterocycles. The molecule has 0 fully saturated rings. The Kier molecular flexibility index (Phi) is 4.91. The van der Waals surface area contributed by atoms with E-state index in [1.54, 1.807) is 0 Å². The molecular formula is C13H13ClIN3. The van der Waals surface area contributed by atoms with Gasteiger partial charge in [0.1, 0.15) is 6.33 Å². The smallest absolute Gasteiger partial charge is 0.115 e. The zero-order chi connectivity index (χ0) is 13.0. The molecule has 18 heavy (non-hydrogen) atoms. The summed E-state index contributed by atoms with van der Waals surface area (Å²) in [6, 6.07) is 5.98. The van der Waals surface area contributed by atoms with E-state index < -0.39 is 0 Å². The van der Waals surface area contributed by atoms with E-state index in [0.717, 1.165) is 22.7 Å². The van der Waals surface area contributed by atoms with Gasteiger partial charge in [-0.3, -0.25) is 0 Å². The second-order valence-corrected chi connectivity index (χ2v) is 5.43. The van der Waals surface area contributed by atoms with Crippen molar-refractivity contribution in [2.24, 2.45) is 0 Å². The maximum atomic E-state index is 6.09. The Bertz CT molecular complexity index is 519. The number of hydrogen-bond acceptors (Lipinski definition) is 3. The van der Waals surface area contributed by atoms with Crippen molar-refractivity contribution in [1.29, 1.82) is 0 Å². The van der Waals surface area contributed by atoms with E-state index >= 15 is 0 Å². The predicted octanol–water partition coefficient (Wildman–Crippen LogP) is 3.43. The molecule has 1 atom stereocenters. The van der Waals surface area contributed by atoms with E-state index in [1.165, 1.54) is 9.90 Å². The zero-order valence-electron chi connectivity index (χ0n) is 9.90. The van der Waals surface area contributed by atoms with Gasteiger partial charge < -0.3 is 5.32 Å². The number of rotatable bonds is 4. The van der Waals surface area contributed by atoms with Crippen LogP contribution in [0.25, 0.3) is 0 Å². The van der Waals surface area contributed by atoms with Crippen LogP contribution in [0.4, 0.5) is 0 Å². The van der Waals surface area contributed by atoms with Gasteiger partial charge in [-0.1, -0.05) is 18.5 Å². The largest absolute Gasteiger partial charge is 0.306 e. The van der Waals surface area contributed by atoms with Crippen molar-refractivity contribution < 1.29 is 0 Å². The summed E-state index contributed by atoms with van der Waals surface area (Å²) < 4.78 is 1.17. The Morgan fingerprint density at radius 1 is 1.33 bits per heavy atom. The Morgan fingerprint density at radius 3 is 2.72 bits per heavy atom. The van der Waals surface area contributed by atoms with Crippen molar-refractivity contribution in [3.05, 3.63) is 56.6 Å². The van der Waals surface area contributed by atoms with Crippen molar-refractivity contribution in [1.82, 2.24) is 15.3 Å². The number of halogens is 2. The van der Waals surface area contributed by atoms with Gasteiger partial charge in [-0.05, 0) is 52.9 Å². The van der Waals surface area contributed by atoms with Gasteiger partial charge in [-0.15, -0.1) is 0 Å². The minimum absolute atomic E-state index is 0.0711. The number of hydrogen-bond donors (Lipinski definition) is 1. The van der Waals surface area contributed by atoms with Crippen LogP contribution in [0.3, 0.4) is 0 Å². The van der Waals surface area contributed by atoms with E-state index in [-0.39, 0.29) is 6.04 Å². The first kappa shape index (κ1) is 13.7. The molecule has 1 aromatic carbocycles. The van der Waals surface area contributed by atoms with Gasteiger partial charge in [0.05, 0.1) is 6.04 Å². The molecule has 5 heteroatoms. The molecule has 2 rings (SSSR count). The summed E-state index contributed by atoms with van der Waals surface area (Å²) in [6.45, 7) is 2.94.